The molecule has 1 aromatic rings. The van der Waals surface area contributed by atoms with Gasteiger partial charge < -0.3 is 0 Å². The molecule has 0 aliphatic carbocycles. The van der Waals surface area contributed by atoms with E-state index < -0.39 is 0 Å². The van der Waals surface area contributed by atoms with Crippen molar-refractivity contribution in [3.05, 3.63) is 34.9 Å². The van der Waals surface area contributed by atoms with Gasteiger partial charge in [-0.15, -0.1) is 0 Å². The molecular weight excluding hydrogens is 234 g/mol. The zero-order chi connectivity index (χ0) is 14.0. The van der Waals surface area contributed by atoms with Crippen LogP contribution in [0.5, 0.6) is 0 Å². The maximum absolute atomic E-state index is 12.4. The summed E-state index contributed by atoms with van der Waals surface area (Å²) in [6, 6.07) is 6.10. The lowest BCUT2D eigenvalue weighted by Gasteiger charge is -2.17. The number of Topliss-reactive ketones (excluding diaryl/α,β-unsaturated/α-hetero) is 1. The van der Waals surface area contributed by atoms with Crippen LogP contribution in [0.3, 0.4) is 0 Å². The zero-order valence-electron chi connectivity index (χ0n) is 12.6. The van der Waals surface area contributed by atoms with Crippen molar-refractivity contribution in [1.82, 2.24) is 4.90 Å². The predicted molar refractivity (Wildman–Crippen MR) is 79.6 cm³/mol. The van der Waals surface area contributed by atoms with E-state index in [1.807, 2.05) is 19.1 Å². The summed E-state index contributed by atoms with van der Waals surface area (Å²) in [5.74, 6) is 1.75. The Kier molecular flexibility index (Phi) is 4.41. The maximum atomic E-state index is 12.4. The van der Waals surface area contributed by atoms with Gasteiger partial charge in [-0.3, -0.25) is 9.69 Å². The molecule has 0 saturated carbocycles. The first-order valence-corrected chi connectivity index (χ1v) is 7.30. The first-order valence-electron chi connectivity index (χ1n) is 7.30. The van der Waals surface area contributed by atoms with Gasteiger partial charge in [-0.1, -0.05) is 37.6 Å². The van der Waals surface area contributed by atoms with Crippen LogP contribution in [0.1, 0.15) is 41.8 Å². The third kappa shape index (κ3) is 3.44. The van der Waals surface area contributed by atoms with Crippen LogP contribution < -0.4 is 0 Å². The summed E-state index contributed by atoms with van der Waals surface area (Å²) < 4.78 is 0. The quantitative estimate of drug-likeness (QED) is 0.772. The van der Waals surface area contributed by atoms with Crippen LogP contribution in [0.4, 0.5) is 0 Å². The summed E-state index contributed by atoms with van der Waals surface area (Å²) in [5.41, 5.74) is 3.21. The van der Waals surface area contributed by atoms with Gasteiger partial charge in [0.1, 0.15) is 0 Å². The number of aryl methyl sites for hydroxylation is 2. The van der Waals surface area contributed by atoms with Crippen molar-refractivity contribution >= 4 is 5.78 Å². The largest absolute Gasteiger partial charge is 0.296 e. The highest BCUT2D eigenvalue weighted by atomic mass is 16.1. The summed E-state index contributed by atoms with van der Waals surface area (Å²) in [7, 11) is 0. The normalized spacial score (nSPS) is 20.2. The molecule has 0 radical (unpaired) electrons. The summed E-state index contributed by atoms with van der Waals surface area (Å²) in [6.45, 7) is 11.4. The molecule has 1 aliphatic heterocycles. The molecule has 0 bridgehead atoms. The Bertz CT molecular complexity index is 464. The van der Waals surface area contributed by atoms with Crippen LogP contribution in [0.2, 0.25) is 0 Å². The van der Waals surface area contributed by atoms with E-state index in [1.165, 1.54) is 12.0 Å². The summed E-state index contributed by atoms with van der Waals surface area (Å²) >= 11 is 0. The Morgan fingerprint density at radius 3 is 2.68 bits per heavy atom. The van der Waals surface area contributed by atoms with Gasteiger partial charge in [-0.25, -0.2) is 0 Å². The van der Waals surface area contributed by atoms with E-state index >= 15 is 0 Å². The van der Waals surface area contributed by atoms with Gasteiger partial charge in [0.05, 0.1) is 6.54 Å². The van der Waals surface area contributed by atoms with Crippen molar-refractivity contribution in [1.29, 1.82) is 0 Å². The number of rotatable bonds is 4. The highest BCUT2D eigenvalue weighted by Gasteiger charge is 2.26. The lowest BCUT2D eigenvalue weighted by molar-refractivity contribution is 0.0941. The average Bonchev–Trinajstić information content (AvgIpc) is 2.77. The highest BCUT2D eigenvalue weighted by molar-refractivity contribution is 5.99. The topological polar surface area (TPSA) is 20.3 Å². The molecule has 1 fully saturated rings. The summed E-state index contributed by atoms with van der Waals surface area (Å²) in [6.07, 6.45) is 1.23. The van der Waals surface area contributed by atoms with E-state index in [2.05, 4.69) is 31.7 Å². The van der Waals surface area contributed by atoms with Crippen LogP contribution in [0.25, 0.3) is 0 Å². The van der Waals surface area contributed by atoms with Crippen molar-refractivity contribution in [3.63, 3.8) is 0 Å². The first-order chi connectivity index (χ1) is 8.97. The fraction of sp³-hybridized carbons (Fsp3) is 0.588. The van der Waals surface area contributed by atoms with Gasteiger partial charge in [-0.05, 0) is 44.2 Å². The van der Waals surface area contributed by atoms with Crippen molar-refractivity contribution in [2.75, 3.05) is 19.6 Å². The van der Waals surface area contributed by atoms with Crippen molar-refractivity contribution in [2.24, 2.45) is 11.8 Å². The fourth-order valence-electron chi connectivity index (χ4n) is 2.97. The number of carbonyl (C=O) groups excluding carboxylic acids is 1. The Morgan fingerprint density at radius 2 is 2.11 bits per heavy atom. The van der Waals surface area contributed by atoms with E-state index in [0.717, 1.165) is 36.1 Å². The molecule has 2 rings (SSSR count). The van der Waals surface area contributed by atoms with E-state index in [-0.39, 0.29) is 5.78 Å². The van der Waals surface area contributed by atoms with Crippen molar-refractivity contribution < 1.29 is 4.79 Å². The Hall–Kier alpha value is -1.15. The second kappa shape index (κ2) is 5.87. The fourth-order valence-corrected chi connectivity index (χ4v) is 2.97. The number of hydrogen-bond donors (Lipinski definition) is 0. The van der Waals surface area contributed by atoms with Gasteiger partial charge in [0, 0.05) is 12.1 Å². The molecule has 0 aromatic heterocycles. The number of hydrogen-bond acceptors (Lipinski definition) is 2. The standard InChI is InChI=1S/C17H25NO/c1-12(2)15-7-8-18(10-15)11-17(19)16-6-5-13(3)9-14(16)4/h5-6,9,12,15H,7-8,10-11H2,1-4H3. The second-order valence-electron chi connectivity index (χ2n) is 6.27. The Labute approximate surface area is 116 Å². The minimum atomic E-state index is 0.266. The van der Waals surface area contributed by atoms with Crippen LogP contribution in [0, 0.1) is 25.7 Å². The molecule has 0 N–H and O–H groups in total. The number of likely N-dealkylation sites (tertiary alicyclic amines) is 1. The molecule has 1 aliphatic rings. The van der Waals surface area contributed by atoms with Crippen molar-refractivity contribution in [2.45, 2.75) is 34.1 Å². The van der Waals surface area contributed by atoms with E-state index in [0.29, 0.717) is 6.54 Å². The molecule has 1 unspecified atom stereocenters. The molecule has 1 saturated heterocycles. The number of nitrogens with zero attached hydrogens (tertiary/aromatic N) is 1. The third-order valence-corrected chi connectivity index (χ3v) is 4.30. The highest BCUT2D eigenvalue weighted by Crippen LogP contribution is 2.24. The molecular formula is C17H25NO. The minimum Gasteiger partial charge on any atom is -0.296 e. The molecule has 1 heterocycles. The van der Waals surface area contributed by atoms with Gasteiger partial charge >= 0.3 is 0 Å². The molecule has 2 nitrogen and oxygen atoms in total. The third-order valence-electron chi connectivity index (χ3n) is 4.30. The van der Waals surface area contributed by atoms with E-state index in [4.69, 9.17) is 0 Å². The van der Waals surface area contributed by atoms with Crippen LogP contribution in [0.15, 0.2) is 18.2 Å². The summed E-state index contributed by atoms with van der Waals surface area (Å²) in [4.78, 5) is 14.7. The average molecular weight is 259 g/mol. The minimum absolute atomic E-state index is 0.266. The van der Waals surface area contributed by atoms with Crippen LogP contribution in [-0.2, 0) is 0 Å². The maximum Gasteiger partial charge on any atom is 0.177 e. The number of carbonyl (C=O) groups is 1. The van der Waals surface area contributed by atoms with E-state index in [1.54, 1.807) is 0 Å². The van der Waals surface area contributed by atoms with Crippen LogP contribution in [-0.4, -0.2) is 30.3 Å². The molecule has 19 heavy (non-hydrogen) atoms. The zero-order valence-corrected chi connectivity index (χ0v) is 12.6. The monoisotopic (exact) mass is 259 g/mol. The van der Waals surface area contributed by atoms with E-state index in [9.17, 15) is 4.79 Å². The first kappa shape index (κ1) is 14.3. The molecule has 0 amide bonds. The lowest BCUT2D eigenvalue weighted by Crippen LogP contribution is -2.28. The Balaban J connectivity index is 1.98. The molecule has 1 aromatic carbocycles. The molecule has 2 heteroatoms. The smallest absolute Gasteiger partial charge is 0.177 e. The summed E-state index contributed by atoms with van der Waals surface area (Å²) in [5, 5.41) is 0. The van der Waals surface area contributed by atoms with Crippen LogP contribution >= 0.6 is 0 Å². The van der Waals surface area contributed by atoms with Gasteiger partial charge in [0.2, 0.25) is 0 Å². The lowest BCUT2D eigenvalue weighted by atomic mass is 9.95. The van der Waals surface area contributed by atoms with Gasteiger partial charge in [0.15, 0.2) is 5.78 Å². The van der Waals surface area contributed by atoms with Gasteiger partial charge in [-0.2, -0.15) is 0 Å². The SMILES string of the molecule is Cc1ccc(C(=O)CN2CCC(C(C)C)C2)c(C)c1. The number of benzene rings is 1. The number of ketones is 1. The van der Waals surface area contributed by atoms with Crippen molar-refractivity contribution in [3.8, 4) is 0 Å². The molecule has 0 spiro atoms. The predicted octanol–water partition coefficient (Wildman–Crippen LogP) is 3.46. The van der Waals surface area contributed by atoms with Gasteiger partial charge in [0.25, 0.3) is 0 Å². The molecule has 1 atom stereocenters. The molecule has 104 valence electrons. The Morgan fingerprint density at radius 1 is 1.37 bits per heavy atom. The second-order valence-corrected chi connectivity index (χ2v) is 6.27.